The summed E-state index contributed by atoms with van der Waals surface area (Å²) in [5.41, 5.74) is 22.2. The van der Waals surface area contributed by atoms with Crippen LogP contribution in [0.2, 0.25) is 0 Å². The van der Waals surface area contributed by atoms with Gasteiger partial charge in [0.05, 0.1) is 16.7 Å². The Morgan fingerprint density at radius 3 is 1.85 bits per heavy atom. The van der Waals surface area contributed by atoms with Crippen molar-refractivity contribution in [2.75, 3.05) is 21.7 Å². The fourth-order valence-electron chi connectivity index (χ4n) is 12.2. The van der Waals surface area contributed by atoms with Crippen LogP contribution in [0, 0.1) is 18.8 Å². The molecule has 13 aromatic rings. The molecule has 0 saturated carbocycles. The van der Waals surface area contributed by atoms with E-state index in [0.717, 1.165) is 84.3 Å². The Labute approximate surface area is 469 Å². The summed E-state index contributed by atoms with van der Waals surface area (Å²) in [4.78, 5) is 12.0. The number of hydrogen-bond donors (Lipinski definition) is 0. The van der Waals surface area contributed by atoms with Crippen LogP contribution in [0.25, 0.3) is 99.6 Å². The van der Waals surface area contributed by atoms with Crippen LogP contribution in [0.15, 0.2) is 231 Å². The van der Waals surface area contributed by atoms with Crippen LogP contribution in [-0.4, -0.2) is 21.2 Å². The minimum atomic E-state index is -0.0885. The molecule has 6 nitrogen and oxygen atoms in total. The Morgan fingerprint density at radius 2 is 1.09 bits per heavy atom. The van der Waals surface area contributed by atoms with Crippen molar-refractivity contribution in [3.8, 4) is 56.0 Å². The maximum absolute atomic E-state index is 5.15. The zero-order chi connectivity index (χ0) is 51.5. The zero-order valence-electron chi connectivity index (χ0n) is 43.5. The number of rotatable bonds is 7. The number of para-hydroxylation sites is 5. The molecule has 0 unspecified atom stereocenters. The van der Waals surface area contributed by atoms with Gasteiger partial charge in [-0.1, -0.05) is 189 Å². The molecule has 0 bridgehead atoms. The van der Waals surface area contributed by atoms with E-state index in [1.807, 2.05) is 6.20 Å². The fraction of sp³-hybridized carbons (Fsp3) is 0.0704. The van der Waals surface area contributed by atoms with Gasteiger partial charge < -0.3 is 23.8 Å². The van der Waals surface area contributed by atoms with Crippen molar-refractivity contribution < 1.29 is 21.1 Å². The second-order valence-corrected chi connectivity index (χ2v) is 21.3. The molecule has 378 valence electrons. The third-order valence-electron chi connectivity index (χ3n) is 15.9. The summed E-state index contributed by atoms with van der Waals surface area (Å²) >= 11 is 0. The quantitative estimate of drug-likeness (QED) is 0.149. The Kier molecular flexibility index (Phi) is 11.2. The number of aromatic nitrogens is 3. The van der Waals surface area contributed by atoms with Gasteiger partial charge in [0.1, 0.15) is 5.82 Å². The van der Waals surface area contributed by atoms with Crippen LogP contribution < -0.4 is 14.7 Å². The van der Waals surface area contributed by atoms with E-state index in [0.29, 0.717) is 0 Å². The average molecular weight is 1180 g/mol. The molecule has 3 aromatic heterocycles. The van der Waals surface area contributed by atoms with Gasteiger partial charge in [0.25, 0.3) is 0 Å². The van der Waals surface area contributed by atoms with E-state index < -0.39 is 0 Å². The normalized spacial score (nSPS) is 12.7. The van der Waals surface area contributed by atoms with Crippen molar-refractivity contribution in [1.29, 1.82) is 0 Å². The number of hydrogen-bond acceptors (Lipinski definition) is 4. The largest absolute Gasteiger partial charge is 0.493 e. The predicted octanol–water partition coefficient (Wildman–Crippen LogP) is 18.3. The molecule has 0 fully saturated rings. The smallest absolute Gasteiger partial charge is 0.135 e. The Balaban J connectivity index is 0.00000552. The summed E-state index contributed by atoms with van der Waals surface area (Å²) in [6.07, 6.45) is 1.96. The van der Waals surface area contributed by atoms with E-state index >= 15 is 0 Å². The molecular formula is C71H51N6Pt-3. The first-order valence-corrected chi connectivity index (χ1v) is 26.4. The van der Waals surface area contributed by atoms with Crippen LogP contribution in [0.5, 0.6) is 0 Å². The maximum atomic E-state index is 5.15. The number of fused-ring (bicyclic) bond motifs is 13. The standard InChI is InChI=1S/C71H51N6.Pt/c1-71(2,3)48-40-41-72-66(42-48)76-63-38-39-64-67(56-28-12-11-26-54(56)57-31-19-32-58-55-27-13-14-33-60(55)77(64)70(57)58)68(63)59-37-36-50(44-65(59)76)73(4)49-24-17-25-51(43-49)74-45-75(62-35-16-15-34-61(62)74)69-52(46-20-7-5-8-21-46)29-18-30-53(69)47-22-9-6-10-23-47;/h5-42,45H,1-4H3;/q-3;. The number of benzene rings is 10. The van der Waals surface area contributed by atoms with Crippen molar-refractivity contribution in [1.82, 2.24) is 14.1 Å². The van der Waals surface area contributed by atoms with Gasteiger partial charge in [0.2, 0.25) is 0 Å². The third-order valence-corrected chi connectivity index (χ3v) is 15.9. The van der Waals surface area contributed by atoms with Gasteiger partial charge in [-0.2, -0.15) is 12.1 Å². The van der Waals surface area contributed by atoms with Gasteiger partial charge in [0, 0.05) is 89.9 Å². The van der Waals surface area contributed by atoms with Crippen LogP contribution in [-0.2, 0) is 26.5 Å². The molecule has 0 amide bonds. The topological polar surface area (TPSA) is 32.5 Å². The summed E-state index contributed by atoms with van der Waals surface area (Å²) in [5.74, 6) is 0.859. The summed E-state index contributed by atoms with van der Waals surface area (Å²) in [7, 11) is 2.12. The van der Waals surface area contributed by atoms with E-state index in [-0.39, 0.29) is 26.5 Å². The van der Waals surface area contributed by atoms with E-state index in [1.54, 1.807) is 0 Å². The van der Waals surface area contributed by atoms with E-state index in [9.17, 15) is 0 Å². The second kappa shape index (κ2) is 18.4. The van der Waals surface area contributed by atoms with Crippen molar-refractivity contribution in [2.45, 2.75) is 26.2 Å². The van der Waals surface area contributed by atoms with Crippen molar-refractivity contribution in [3.63, 3.8) is 0 Å². The Hall–Kier alpha value is -8.96. The molecular weight excluding hydrogens is 1130 g/mol. The van der Waals surface area contributed by atoms with Gasteiger partial charge in [-0.3, -0.25) is 0 Å². The van der Waals surface area contributed by atoms with Gasteiger partial charge in [-0.25, -0.2) is 4.98 Å². The molecule has 2 aliphatic rings. The van der Waals surface area contributed by atoms with E-state index in [1.165, 1.54) is 55.0 Å². The number of nitrogens with zero attached hydrogens (tertiary/aromatic N) is 6. The molecule has 0 atom stereocenters. The van der Waals surface area contributed by atoms with Crippen molar-refractivity contribution in [3.05, 3.63) is 255 Å². The molecule has 10 aromatic carbocycles. The zero-order valence-corrected chi connectivity index (χ0v) is 45.8. The molecule has 0 radical (unpaired) electrons. The number of pyridine rings is 1. The molecule has 0 N–H and O–H groups in total. The van der Waals surface area contributed by atoms with Gasteiger partial charge in [0.15, 0.2) is 0 Å². The van der Waals surface area contributed by atoms with Gasteiger partial charge in [-0.05, 0) is 81.1 Å². The molecule has 2 aliphatic heterocycles. The SMILES string of the molecule is CN(c1[c-]c(N2[CH-]N(c3c(-c4ccccc4)cccc3-c3ccccc3)c3ccccc32)ccc1)c1[c-]c2c(cc1)c1c3c(ccc1n2-c1cc(C(C)(C)C)ccn1)-n1c2ccccc2c2cccc(c21)-c1ccccc1-3.[Pt]. The van der Waals surface area contributed by atoms with Crippen molar-refractivity contribution in [2.24, 2.45) is 0 Å². The molecule has 5 heterocycles. The third kappa shape index (κ3) is 7.31. The van der Waals surface area contributed by atoms with E-state index in [4.69, 9.17) is 4.98 Å². The minimum Gasteiger partial charge on any atom is -0.493 e. The summed E-state index contributed by atoms with van der Waals surface area (Å²) < 4.78 is 4.84. The summed E-state index contributed by atoms with van der Waals surface area (Å²) in [6, 6.07) is 89.1. The maximum Gasteiger partial charge on any atom is 0.135 e. The van der Waals surface area contributed by atoms with Crippen LogP contribution in [0.1, 0.15) is 26.3 Å². The molecule has 78 heavy (non-hydrogen) atoms. The van der Waals surface area contributed by atoms with E-state index in [2.05, 4.69) is 295 Å². The number of anilines is 6. The van der Waals surface area contributed by atoms with Crippen LogP contribution >= 0.6 is 0 Å². The first-order valence-electron chi connectivity index (χ1n) is 26.4. The van der Waals surface area contributed by atoms with Crippen LogP contribution in [0.3, 0.4) is 0 Å². The first kappa shape index (κ1) is 47.5. The van der Waals surface area contributed by atoms with Gasteiger partial charge in [-0.15, -0.1) is 48.1 Å². The molecule has 0 aliphatic carbocycles. The molecule has 15 rings (SSSR count). The van der Waals surface area contributed by atoms with Gasteiger partial charge >= 0.3 is 0 Å². The first-order chi connectivity index (χ1) is 37.8. The summed E-state index contributed by atoms with van der Waals surface area (Å²) in [5, 5.41) is 4.78. The molecule has 0 spiro atoms. The predicted molar refractivity (Wildman–Crippen MR) is 321 cm³/mol. The Bertz CT molecular complexity index is 4450. The monoisotopic (exact) mass is 1180 g/mol. The van der Waals surface area contributed by atoms with Crippen LogP contribution in [0.4, 0.5) is 34.1 Å². The minimum absolute atomic E-state index is 0. The summed E-state index contributed by atoms with van der Waals surface area (Å²) in [6.45, 7) is 9.02. The Morgan fingerprint density at radius 1 is 0.474 bits per heavy atom. The van der Waals surface area contributed by atoms with Crippen molar-refractivity contribution >= 4 is 77.7 Å². The average Bonchev–Trinajstić information content (AvgIpc) is 4.22. The fourth-order valence-corrected chi connectivity index (χ4v) is 12.2. The second-order valence-electron chi connectivity index (χ2n) is 21.3. The molecule has 0 saturated heterocycles. The molecule has 7 heteroatoms.